The summed E-state index contributed by atoms with van der Waals surface area (Å²) in [7, 11) is 0. The summed E-state index contributed by atoms with van der Waals surface area (Å²) in [6.07, 6.45) is 0.0720. The van der Waals surface area contributed by atoms with Crippen molar-refractivity contribution in [1.82, 2.24) is 24.8 Å². The second-order valence-corrected chi connectivity index (χ2v) is 8.41. The van der Waals surface area contributed by atoms with Crippen LogP contribution >= 0.6 is 11.3 Å². The lowest BCUT2D eigenvalue weighted by Crippen LogP contribution is -2.28. The molecule has 0 aliphatic carbocycles. The minimum absolute atomic E-state index is 0.0337. The first-order valence-corrected chi connectivity index (χ1v) is 11.6. The zero-order valence-corrected chi connectivity index (χ0v) is 19.8. The quantitative estimate of drug-likeness (QED) is 0.362. The van der Waals surface area contributed by atoms with Crippen LogP contribution in [0.3, 0.4) is 0 Å². The van der Waals surface area contributed by atoms with Crippen molar-refractivity contribution in [2.75, 3.05) is 11.9 Å². The molecule has 0 radical (unpaired) electrons. The number of carbonyl (C=O) groups excluding carboxylic acids is 2. The minimum Gasteiger partial charge on any atom is -0.338 e. The van der Waals surface area contributed by atoms with Gasteiger partial charge in [0.15, 0.2) is 12.0 Å². The summed E-state index contributed by atoms with van der Waals surface area (Å²) in [6, 6.07) is 2.38. The lowest BCUT2D eigenvalue weighted by atomic mass is 10.0. The average molecular weight is 517 g/mol. The van der Waals surface area contributed by atoms with Gasteiger partial charge in [0, 0.05) is 53.8 Å². The zero-order valence-electron chi connectivity index (χ0n) is 19.0. The molecule has 4 heterocycles. The number of nitrogens with one attached hydrogen (secondary N) is 2. The van der Waals surface area contributed by atoms with E-state index in [0.717, 1.165) is 16.7 Å². The van der Waals surface area contributed by atoms with Gasteiger partial charge in [0.1, 0.15) is 16.5 Å². The van der Waals surface area contributed by atoms with Gasteiger partial charge in [-0.25, -0.2) is 19.7 Å². The van der Waals surface area contributed by atoms with E-state index in [4.69, 9.17) is 0 Å². The van der Waals surface area contributed by atoms with Gasteiger partial charge in [-0.15, -0.1) is 11.3 Å². The van der Waals surface area contributed by atoms with Crippen LogP contribution in [0.5, 0.6) is 0 Å². The Morgan fingerprint density at radius 2 is 1.94 bits per heavy atom. The Hall–Kier alpha value is -4.13. The predicted molar refractivity (Wildman–Crippen MR) is 129 cm³/mol. The van der Waals surface area contributed by atoms with Gasteiger partial charge < -0.3 is 9.88 Å². The number of aryl methyl sites for hydroxylation is 1. The Bertz CT molecular complexity index is 1530. The number of fused-ring (bicyclic) bond motifs is 1. The van der Waals surface area contributed by atoms with Gasteiger partial charge in [0.2, 0.25) is 5.43 Å². The molecule has 186 valence electrons. The molecule has 0 aliphatic heterocycles. The van der Waals surface area contributed by atoms with Crippen LogP contribution in [0.2, 0.25) is 0 Å². The topological polar surface area (TPSA) is 119 Å². The fourth-order valence-electron chi connectivity index (χ4n) is 3.55. The van der Waals surface area contributed by atoms with Crippen LogP contribution in [0.4, 0.5) is 23.8 Å². The summed E-state index contributed by atoms with van der Waals surface area (Å²) in [6.45, 7) is 4.37. The highest BCUT2D eigenvalue weighted by Crippen LogP contribution is 2.38. The van der Waals surface area contributed by atoms with Gasteiger partial charge in [-0.2, -0.15) is 13.2 Å². The number of nitrogens with zero attached hydrogens (tertiary/aromatic N) is 4. The second kappa shape index (κ2) is 9.85. The number of urea groups is 1. The first-order chi connectivity index (χ1) is 17.2. The minimum atomic E-state index is -4.63. The molecule has 0 saturated heterocycles. The molecule has 4 aromatic heterocycles. The average Bonchev–Trinajstić information content (AvgIpc) is 3.35. The van der Waals surface area contributed by atoms with Crippen molar-refractivity contribution in [3.63, 3.8) is 0 Å². The van der Waals surface area contributed by atoms with Crippen molar-refractivity contribution in [3.05, 3.63) is 57.6 Å². The molecule has 4 aromatic rings. The third-order valence-electron chi connectivity index (χ3n) is 5.23. The first kappa shape index (κ1) is 25.0. The Labute approximate surface area is 206 Å². The molecule has 36 heavy (non-hydrogen) atoms. The van der Waals surface area contributed by atoms with Gasteiger partial charge in [-0.05, 0) is 26.0 Å². The highest BCUT2D eigenvalue weighted by Gasteiger charge is 2.34. The lowest BCUT2D eigenvalue weighted by molar-refractivity contribution is -0.140. The monoisotopic (exact) mass is 516 g/mol. The molecule has 4 rings (SSSR count). The van der Waals surface area contributed by atoms with Crippen LogP contribution in [0.15, 0.2) is 40.9 Å². The highest BCUT2D eigenvalue weighted by atomic mass is 32.1. The van der Waals surface area contributed by atoms with Gasteiger partial charge in [0.25, 0.3) is 0 Å². The first-order valence-electron chi connectivity index (χ1n) is 10.7. The van der Waals surface area contributed by atoms with Crippen molar-refractivity contribution in [2.45, 2.75) is 26.6 Å². The van der Waals surface area contributed by atoms with Crippen molar-refractivity contribution >= 4 is 40.5 Å². The van der Waals surface area contributed by atoms with E-state index in [-0.39, 0.29) is 27.3 Å². The molecule has 0 unspecified atom stereocenters. The zero-order chi connectivity index (χ0) is 26.0. The molecular weight excluding hydrogens is 497 g/mol. The molecule has 0 fully saturated rings. The molecule has 2 amide bonds. The van der Waals surface area contributed by atoms with Crippen molar-refractivity contribution < 1.29 is 22.8 Å². The van der Waals surface area contributed by atoms with E-state index in [2.05, 4.69) is 25.6 Å². The number of carbonyl (C=O) groups is 2. The molecule has 9 nitrogen and oxygen atoms in total. The number of rotatable bonds is 6. The number of thiazole rings is 1. The van der Waals surface area contributed by atoms with Crippen molar-refractivity contribution in [2.24, 2.45) is 0 Å². The smallest absolute Gasteiger partial charge is 0.338 e. The number of anilines is 1. The number of pyridine rings is 3. The van der Waals surface area contributed by atoms with Crippen LogP contribution in [-0.4, -0.2) is 38.4 Å². The van der Waals surface area contributed by atoms with E-state index in [1.54, 1.807) is 11.5 Å². The molecule has 0 spiro atoms. The molecule has 0 saturated carbocycles. The SMILES string of the molecule is CCNC(=O)Nc1cc(-c2nc(C(F)(F)F)cs2)c(-c2cnc3c(c2)c(=O)c(C=O)cn3CC)cn1. The van der Waals surface area contributed by atoms with E-state index in [9.17, 15) is 27.6 Å². The van der Waals surface area contributed by atoms with Crippen LogP contribution in [0.1, 0.15) is 29.9 Å². The fourth-order valence-corrected chi connectivity index (χ4v) is 4.40. The van der Waals surface area contributed by atoms with Crippen LogP contribution in [0, 0.1) is 0 Å². The van der Waals surface area contributed by atoms with Gasteiger partial charge in [0.05, 0.1) is 10.9 Å². The standard InChI is InChI=1S/C23H19F3N6O3S/c1-3-27-22(35)31-18-6-14(21-30-17(11-36-21)23(24,25)26)16(8-28-18)12-5-15-19(34)13(10-33)9-32(4-2)20(15)29-7-12/h5-11H,3-4H2,1-2H3,(H2,27,28,31,35). The van der Waals surface area contributed by atoms with Crippen LogP contribution in [-0.2, 0) is 12.7 Å². The molecule has 2 N–H and O–H groups in total. The summed E-state index contributed by atoms with van der Waals surface area (Å²) in [5, 5.41) is 6.17. The summed E-state index contributed by atoms with van der Waals surface area (Å²) < 4.78 is 41.3. The molecule has 0 atom stereocenters. The summed E-state index contributed by atoms with van der Waals surface area (Å²) in [4.78, 5) is 48.5. The largest absolute Gasteiger partial charge is 0.434 e. The maximum atomic E-state index is 13.2. The van der Waals surface area contributed by atoms with Crippen molar-refractivity contribution in [1.29, 1.82) is 0 Å². The number of aromatic nitrogens is 4. The maximum absolute atomic E-state index is 13.2. The number of hydrogen-bond acceptors (Lipinski definition) is 7. The molecular formula is C23H19F3N6O3S. The number of aldehydes is 1. The van der Waals surface area contributed by atoms with Crippen LogP contribution in [0.25, 0.3) is 32.7 Å². The van der Waals surface area contributed by atoms with Gasteiger partial charge in [-0.3, -0.25) is 14.9 Å². The summed E-state index contributed by atoms with van der Waals surface area (Å²) >= 11 is 0.775. The third-order valence-corrected chi connectivity index (χ3v) is 6.10. The molecule has 0 bridgehead atoms. The predicted octanol–water partition coefficient (Wildman–Crippen LogP) is 4.57. The van der Waals surface area contributed by atoms with E-state index in [1.165, 1.54) is 30.7 Å². The Kier molecular flexibility index (Phi) is 6.84. The summed E-state index contributed by atoms with van der Waals surface area (Å²) in [5.41, 5.74) is -0.291. The second-order valence-electron chi connectivity index (χ2n) is 7.55. The van der Waals surface area contributed by atoms with E-state index in [1.807, 2.05) is 6.92 Å². The molecule has 0 aromatic carbocycles. The molecule has 13 heteroatoms. The van der Waals surface area contributed by atoms with Gasteiger partial charge >= 0.3 is 12.2 Å². The van der Waals surface area contributed by atoms with Crippen molar-refractivity contribution in [3.8, 4) is 21.7 Å². The normalized spacial score (nSPS) is 11.5. The Morgan fingerprint density at radius 1 is 1.17 bits per heavy atom. The fraction of sp³-hybridized carbons (Fsp3) is 0.217. The Balaban J connectivity index is 1.92. The lowest BCUT2D eigenvalue weighted by Gasteiger charge is -2.13. The number of hydrogen-bond donors (Lipinski definition) is 2. The Morgan fingerprint density at radius 3 is 2.58 bits per heavy atom. The van der Waals surface area contributed by atoms with E-state index < -0.39 is 23.3 Å². The third kappa shape index (κ3) is 4.82. The van der Waals surface area contributed by atoms with E-state index >= 15 is 0 Å². The van der Waals surface area contributed by atoms with Crippen LogP contribution < -0.4 is 16.1 Å². The van der Waals surface area contributed by atoms with Gasteiger partial charge in [-0.1, -0.05) is 0 Å². The number of halogens is 3. The maximum Gasteiger partial charge on any atom is 0.434 e. The number of alkyl halides is 3. The highest BCUT2D eigenvalue weighted by molar-refractivity contribution is 7.13. The van der Waals surface area contributed by atoms with E-state index in [0.29, 0.717) is 36.1 Å². The molecule has 0 aliphatic rings. The number of amides is 2. The summed E-state index contributed by atoms with van der Waals surface area (Å²) in [5.74, 6) is 0.0915.